The van der Waals surface area contributed by atoms with Crippen LogP contribution in [0.15, 0.2) is 97.1 Å². The van der Waals surface area contributed by atoms with Crippen LogP contribution in [0.25, 0.3) is 16.6 Å². The normalized spacial score (nSPS) is 20.9. The lowest BCUT2D eigenvalue weighted by atomic mass is 9.33. The Balaban J connectivity index is 1.39. The van der Waals surface area contributed by atoms with Gasteiger partial charge in [0.1, 0.15) is 0 Å². The molecule has 2 atom stereocenters. The van der Waals surface area contributed by atoms with Gasteiger partial charge < -0.3 is 14.4 Å². The second-order valence-electron chi connectivity index (χ2n) is 19.5. The number of benzene rings is 5. The van der Waals surface area contributed by atoms with E-state index in [0.717, 1.165) is 0 Å². The highest BCUT2D eigenvalue weighted by Gasteiger charge is 2.61. The van der Waals surface area contributed by atoms with Crippen molar-refractivity contribution in [1.29, 1.82) is 0 Å². The van der Waals surface area contributed by atoms with Crippen molar-refractivity contribution >= 4 is 62.4 Å². The molecule has 4 heteroatoms. The van der Waals surface area contributed by atoms with Crippen LogP contribution in [-0.2, 0) is 16.2 Å². The maximum absolute atomic E-state index is 2.89. The third kappa shape index (κ3) is 4.32. The van der Waals surface area contributed by atoms with Crippen LogP contribution in [0.2, 0.25) is 0 Å². The molecule has 0 spiro atoms. The molecule has 10 rings (SSSR count). The van der Waals surface area contributed by atoms with Crippen LogP contribution in [-0.4, -0.2) is 16.8 Å². The minimum atomic E-state index is -0.0506. The SMILES string of the molecule is Cc1c(C)n2c3c(cc(C(C)(C)C)cc13)B1c3cc(C(C)(C)C)cc4c3N(c3cc(N(c5ccccc5)c5ccccc5)cc-2c31)C1(C)CCCCC41C. The molecule has 6 aromatic rings. The monoisotopic (exact) mass is 707 g/mol. The van der Waals surface area contributed by atoms with Gasteiger partial charge in [0, 0.05) is 50.4 Å². The first-order valence-corrected chi connectivity index (χ1v) is 20.4. The van der Waals surface area contributed by atoms with Gasteiger partial charge in [-0.15, -0.1) is 0 Å². The Bertz CT molecular complexity index is 2490. The van der Waals surface area contributed by atoms with Crippen LogP contribution in [0.1, 0.15) is 109 Å². The summed E-state index contributed by atoms with van der Waals surface area (Å²) in [6, 6.07) is 37.4. The highest BCUT2D eigenvalue weighted by Crippen LogP contribution is 2.62. The van der Waals surface area contributed by atoms with Gasteiger partial charge >= 0.3 is 0 Å². The Hall–Kier alpha value is -4.70. The summed E-state index contributed by atoms with van der Waals surface area (Å²) in [5.41, 5.74) is 20.8. The molecule has 0 amide bonds. The van der Waals surface area contributed by atoms with Crippen LogP contribution < -0.4 is 26.2 Å². The van der Waals surface area contributed by atoms with Crippen molar-refractivity contribution < 1.29 is 0 Å². The van der Waals surface area contributed by atoms with Gasteiger partial charge in [0.15, 0.2) is 0 Å². The van der Waals surface area contributed by atoms with E-state index < -0.39 is 0 Å². The number of para-hydroxylation sites is 2. The number of nitrogens with zero attached hydrogens (tertiary/aromatic N) is 3. The Kier molecular flexibility index (Phi) is 6.87. The molecule has 272 valence electrons. The fourth-order valence-electron chi connectivity index (χ4n) is 11.0. The second-order valence-corrected chi connectivity index (χ2v) is 19.5. The molecule has 0 bridgehead atoms. The summed E-state index contributed by atoms with van der Waals surface area (Å²) in [6.45, 7) is 24.4. The van der Waals surface area contributed by atoms with E-state index in [2.05, 4.69) is 181 Å². The summed E-state index contributed by atoms with van der Waals surface area (Å²) < 4.78 is 2.65. The van der Waals surface area contributed by atoms with Gasteiger partial charge in [0.25, 0.3) is 6.71 Å². The van der Waals surface area contributed by atoms with Crippen molar-refractivity contribution in [3.8, 4) is 5.69 Å². The number of hydrogen-bond acceptors (Lipinski definition) is 2. The smallest absolute Gasteiger partial charge is 0.252 e. The lowest BCUT2D eigenvalue weighted by Crippen LogP contribution is -2.64. The maximum Gasteiger partial charge on any atom is 0.252 e. The van der Waals surface area contributed by atoms with E-state index in [1.54, 1.807) is 5.56 Å². The quantitative estimate of drug-likeness (QED) is 0.169. The number of hydrogen-bond donors (Lipinski definition) is 0. The van der Waals surface area contributed by atoms with E-state index in [1.807, 2.05) is 0 Å². The Labute approximate surface area is 323 Å². The Morgan fingerprint density at radius 1 is 0.648 bits per heavy atom. The van der Waals surface area contributed by atoms with E-state index in [1.165, 1.54) is 109 Å². The predicted octanol–water partition coefficient (Wildman–Crippen LogP) is 11.2. The van der Waals surface area contributed by atoms with Crippen molar-refractivity contribution in [2.75, 3.05) is 9.80 Å². The maximum atomic E-state index is 2.89. The lowest BCUT2D eigenvalue weighted by Gasteiger charge is -2.52. The molecule has 4 heterocycles. The van der Waals surface area contributed by atoms with Crippen LogP contribution in [0.5, 0.6) is 0 Å². The first-order valence-electron chi connectivity index (χ1n) is 20.4. The molecule has 0 radical (unpaired) electrons. The number of rotatable bonds is 3. The molecule has 1 fully saturated rings. The number of anilines is 5. The fourth-order valence-corrected chi connectivity index (χ4v) is 11.0. The first-order chi connectivity index (χ1) is 25.6. The van der Waals surface area contributed by atoms with E-state index >= 15 is 0 Å². The van der Waals surface area contributed by atoms with Crippen LogP contribution in [0.3, 0.4) is 0 Å². The van der Waals surface area contributed by atoms with Gasteiger partial charge in [0.05, 0.1) is 11.2 Å². The molecular formula is C50H54BN3. The van der Waals surface area contributed by atoms with Crippen molar-refractivity contribution in [3.05, 3.63) is 125 Å². The molecule has 0 saturated heterocycles. The third-order valence-electron chi connectivity index (χ3n) is 14.4. The van der Waals surface area contributed by atoms with Crippen molar-refractivity contribution in [3.63, 3.8) is 0 Å². The summed E-state index contributed by atoms with van der Waals surface area (Å²) in [5.74, 6) is 0. The molecule has 2 unspecified atom stereocenters. The molecule has 1 aromatic heterocycles. The number of aryl methyl sites for hydroxylation is 1. The van der Waals surface area contributed by atoms with Crippen LogP contribution in [0.4, 0.5) is 28.4 Å². The first kappa shape index (κ1) is 33.8. The van der Waals surface area contributed by atoms with Gasteiger partial charge in [-0.25, -0.2) is 0 Å². The second kappa shape index (κ2) is 11.0. The minimum absolute atomic E-state index is 0.0256. The van der Waals surface area contributed by atoms with Gasteiger partial charge in [0.2, 0.25) is 0 Å². The average Bonchev–Trinajstić information content (AvgIpc) is 3.52. The zero-order valence-electron chi connectivity index (χ0n) is 34.0. The molecule has 3 aliphatic heterocycles. The molecule has 5 aromatic carbocycles. The van der Waals surface area contributed by atoms with Crippen molar-refractivity contribution in [2.24, 2.45) is 0 Å². The van der Waals surface area contributed by atoms with E-state index in [-0.39, 0.29) is 28.5 Å². The zero-order chi connectivity index (χ0) is 37.7. The Morgan fingerprint density at radius 3 is 1.85 bits per heavy atom. The largest absolute Gasteiger partial charge is 0.335 e. The molecule has 3 nitrogen and oxygen atoms in total. The fraction of sp³-hybridized carbons (Fsp3) is 0.360. The highest BCUT2D eigenvalue weighted by atomic mass is 15.3. The lowest BCUT2D eigenvalue weighted by molar-refractivity contribution is 0.195. The van der Waals surface area contributed by atoms with E-state index in [4.69, 9.17) is 0 Å². The van der Waals surface area contributed by atoms with Gasteiger partial charge in [-0.05, 0) is 126 Å². The van der Waals surface area contributed by atoms with Gasteiger partial charge in [-0.3, -0.25) is 0 Å². The molecule has 4 aliphatic rings. The molecule has 54 heavy (non-hydrogen) atoms. The summed E-state index contributed by atoms with van der Waals surface area (Å²) >= 11 is 0. The topological polar surface area (TPSA) is 11.4 Å². The summed E-state index contributed by atoms with van der Waals surface area (Å²) in [5, 5.41) is 1.40. The summed E-state index contributed by atoms with van der Waals surface area (Å²) in [6.07, 6.45) is 4.94. The molecule has 0 N–H and O–H groups in total. The van der Waals surface area contributed by atoms with Crippen LogP contribution in [0, 0.1) is 13.8 Å². The predicted molar refractivity (Wildman–Crippen MR) is 232 cm³/mol. The third-order valence-corrected chi connectivity index (χ3v) is 14.4. The highest BCUT2D eigenvalue weighted by molar-refractivity contribution is 7.00. The van der Waals surface area contributed by atoms with Crippen molar-refractivity contribution in [1.82, 2.24) is 4.57 Å². The zero-order valence-corrected chi connectivity index (χ0v) is 34.0. The summed E-state index contributed by atoms with van der Waals surface area (Å²) in [4.78, 5) is 5.36. The van der Waals surface area contributed by atoms with Gasteiger partial charge in [-0.2, -0.15) is 0 Å². The Morgan fingerprint density at radius 2 is 1.22 bits per heavy atom. The van der Waals surface area contributed by atoms with Crippen molar-refractivity contribution in [2.45, 2.75) is 117 Å². The van der Waals surface area contributed by atoms with Crippen LogP contribution >= 0.6 is 0 Å². The number of fused-ring (bicyclic) bond motifs is 7. The molecule has 1 saturated carbocycles. The minimum Gasteiger partial charge on any atom is -0.335 e. The number of aromatic nitrogens is 1. The molecule has 1 aliphatic carbocycles. The van der Waals surface area contributed by atoms with E-state index in [0.29, 0.717) is 0 Å². The van der Waals surface area contributed by atoms with Gasteiger partial charge in [-0.1, -0.05) is 116 Å². The van der Waals surface area contributed by atoms with E-state index in [9.17, 15) is 0 Å². The average molecular weight is 708 g/mol. The standard InChI is InChI=1S/C50H54BN3/c1-31-32(2)52-42-29-37(53(35-19-13-11-14-20-35)36-21-15-12-16-22-36)30-43-44(42)51(40-27-33(47(3,4)5)25-38(31)45(40)52)41-28-34(48(6,7)8)26-39-46(41)54(43)50(10)24-18-17-23-49(39,50)9/h11-16,19-22,25-30H,17-18,23-24H2,1-10H3. The molecular weight excluding hydrogens is 653 g/mol. The summed E-state index contributed by atoms with van der Waals surface area (Å²) in [7, 11) is 0.